The summed E-state index contributed by atoms with van der Waals surface area (Å²) < 4.78 is 2.63. The van der Waals surface area contributed by atoms with Crippen LogP contribution >= 0.6 is 22.9 Å². The van der Waals surface area contributed by atoms with Crippen LogP contribution in [0, 0.1) is 13.8 Å². The zero-order valence-corrected chi connectivity index (χ0v) is 11.1. The monoisotopic (exact) mass is 255 g/mol. The molecule has 3 nitrogen and oxygen atoms in total. The molecule has 1 unspecified atom stereocenters. The third kappa shape index (κ3) is 1.88. The summed E-state index contributed by atoms with van der Waals surface area (Å²) in [6, 6.07) is 3.72. The first-order valence-corrected chi connectivity index (χ1v) is 6.21. The number of thiophene rings is 1. The molecule has 16 heavy (non-hydrogen) atoms. The second-order valence-electron chi connectivity index (χ2n) is 3.83. The van der Waals surface area contributed by atoms with E-state index in [9.17, 15) is 0 Å². The number of hydrogen-bond donors (Lipinski definition) is 1. The highest BCUT2D eigenvalue weighted by Gasteiger charge is 2.19. The van der Waals surface area contributed by atoms with Crippen molar-refractivity contribution in [3.8, 4) is 0 Å². The maximum atomic E-state index is 6.24. The number of aryl methyl sites for hydroxylation is 2. The van der Waals surface area contributed by atoms with Gasteiger partial charge < -0.3 is 5.73 Å². The van der Waals surface area contributed by atoms with Gasteiger partial charge in [0.15, 0.2) is 0 Å². The van der Waals surface area contributed by atoms with Gasteiger partial charge >= 0.3 is 0 Å². The van der Waals surface area contributed by atoms with Gasteiger partial charge in [-0.05, 0) is 26.0 Å². The number of aromatic nitrogens is 2. The summed E-state index contributed by atoms with van der Waals surface area (Å²) >= 11 is 7.44. The summed E-state index contributed by atoms with van der Waals surface area (Å²) in [5, 5.41) is 4.37. The fourth-order valence-electron chi connectivity index (χ4n) is 1.88. The number of nitrogens with zero attached hydrogens (tertiary/aromatic N) is 2. The SMILES string of the molecule is Cc1nn(C)c(C)c1C(N)c1ccc(Cl)s1. The topological polar surface area (TPSA) is 43.8 Å². The normalized spacial score (nSPS) is 13.1. The number of halogens is 1. The van der Waals surface area contributed by atoms with Crippen molar-refractivity contribution in [1.82, 2.24) is 9.78 Å². The minimum atomic E-state index is -0.133. The van der Waals surface area contributed by atoms with Crippen LogP contribution in [0.3, 0.4) is 0 Å². The van der Waals surface area contributed by atoms with E-state index in [1.807, 2.05) is 37.7 Å². The van der Waals surface area contributed by atoms with Gasteiger partial charge in [0.1, 0.15) is 0 Å². The molecule has 86 valence electrons. The van der Waals surface area contributed by atoms with Crippen molar-refractivity contribution in [2.75, 3.05) is 0 Å². The lowest BCUT2D eigenvalue weighted by Gasteiger charge is -2.10. The van der Waals surface area contributed by atoms with Crippen LogP contribution in [0.1, 0.15) is 27.9 Å². The van der Waals surface area contributed by atoms with E-state index in [0.29, 0.717) is 0 Å². The molecule has 1 atom stereocenters. The molecule has 2 N–H and O–H groups in total. The third-order valence-electron chi connectivity index (χ3n) is 2.78. The molecule has 0 aliphatic carbocycles. The van der Waals surface area contributed by atoms with E-state index < -0.39 is 0 Å². The summed E-state index contributed by atoms with van der Waals surface area (Å²) in [5.74, 6) is 0. The Labute approximate surface area is 104 Å². The zero-order chi connectivity index (χ0) is 11.9. The molecule has 0 saturated carbocycles. The van der Waals surface area contributed by atoms with Gasteiger partial charge in [-0.3, -0.25) is 4.68 Å². The second-order valence-corrected chi connectivity index (χ2v) is 5.57. The average molecular weight is 256 g/mol. The Morgan fingerprint density at radius 3 is 2.56 bits per heavy atom. The van der Waals surface area contributed by atoms with Crippen LogP contribution in [-0.4, -0.2) is 9.78 Å². The molecular weight excluding hydrogens is 242 g/mol. The highest BCUT2D eigenvalue weighted by Crippen LogP contribution is 2.31. The highest BCUT2D eigenvalue weighted by atomic mass is 35.5. The van der Waals surface area contributed by atoms with Crippen molar-refractivity contribution >= 4 is 22.9 Å². The number of hydrogen-bond acceptors (Lipinski definition) is 3. The Bertz CT molecular complexity index is 515. The maximum Gasteiger partial charge on any atom is 0.0931 e. The van der Waals surface area contributed by atoms with Gasteiger partial charge in [-0.25, -0.2) is 0 Å². The van der Waals surface area contributed by atoms with Crippen molar-refractivity contribution in [3.63, 3.8) is 0 Å². The first kappa shape index (κ1) is 11.6. The molecule has 2 aromatic rings. The van der Waals surface area contributed by atoms with Crippen LogP contribution in [-0.2, 0) is 7.05 Å². The van der Waals surface area contributed by atoms with Crippen LogP contribution in [0.2, 0.25) is 4.34 Å². The Balaban J connectivity index is 2.44. The predicted molar refractivity (Wildman–Crippen MR) is 68.0 cm³/mol. The van der Waals surface area contributed by atoms with Gasteiger partial charge in [0.05, 0.1) is 16.1 Å². The van der Waals surface area contributed by atoms with Crippen LogP contribution in [0.25, 0.3) is 0 Å². The Morgan fingerprint density at radius 1 is 1.44 bits per heavy atom. The summed E-state index contributed by atoms with van der Waals surface area (Å²) in [7, 11) is 1.93. The summed E-state index contributed by atoms with van der Waals surface area (Å²) in [6.07, 6.45) is 0. The van der Waals surface area contributed by atoms with Gasteiger partial charge in [0.25, 0.3) is 0 Å². The smallest absolute Gasteiger partial charge is 0.0931 e. The lowest BCUT2D eigenvalue weighted by Crippen LogP contribution is -2.12. The van der Waals surface area contributed by atoms with Gasteiger partial charge in [-0.1, -0.05) is 11.6 Å². The molecule has 2 heterocycles. The van der Waals surface area contributed by atoms with Crippen LogP contribution in [0.5, 0.6) is 0 Å². The molecule has 0 saturated heterocycles. The zero-order valence-electron chi connectivity index (χ0n) is 9.49. The molecule has 0 spiro atoms. The van der Waals surface area contributed by atoms with E-state index >= 15 is 0 Å². The molecule has 0 aliphatic heterocycles. The largest absolute Gasteiger partial charge is 0.319 e. The fourth-order valence-corrected chi connectivity index (χ4v) is 2.95. The van der Waals surface area contributed by atoms with Crippen LogP contribution in [0.4, 0.5) is 0 Å². The van der Waals surface area contributed by atoms with Crippen molar-refractivity contribution in [2.45, 2.75) is 19.9 Å². The molecule has 0 amide bonds. The van der Waals surface area contributed by atoms with Gasteiger partial charge in [0.2, 0.25) is 0 Å². The van der Waals surface area contributed by atoms with Crippen LogP contribution in [0.15, 0.2) is 12.1 Å². The third-order valence-corrected chi connectivity index (χ3v) is 4.09. The van der Waals surface area contributed by atoms with E-state index in [1.165, 1.54) is 11.3 Å². The molecule has 0 radical (unpaired) electrons. The molecule has 0 fully saturated rings. The quantitative estimate of drug-likeness (QED) is 0.897. The summed E-state index contributed by atoms with van der Waals surface area (Å²) in [4.78, 5) is 1.07. The number of nitrogens with two attached hydrogens (primary N) is 1. The van der Waals surface area contributed by atoms with E-state index in [1.54, 1.807) is 0 Å². The lowest BCUT2D eigenvalue weighted by atomic mass is 10.0. The van der Waals surface area contributed by atoms with Crippen molar-refractivity contribution in [1.29, 1.82) is 0 Å². The van der Waals surface area contributed by atoms with Gasteiger partial charge in [0, 0.05) is 23.2 Å². The van der Waals surface area contributed by atoms with Gasteiger partial charge in [-0.15, -0.1) is 11.3 Å². The standard InChI is InChI=1S/C11H14ClN3S/c1-6-10(7(2)15(3)14-6)11(13)8-4-5-9(12)16-8/h4-5,11H,13H2,1-3H3. The maximum absolute atomic E-state index is 6.24. The molecule has 2 rings (SSSR count). The fraction of sp³-hybridized carbons (Fsp3) is 0.364. The van der Waals surface area contributed by atoms with E-state index in [-0.39, 0.29) is 6.04 Å². The predicted octanol–water partition coefficient (Wildman–Crippen LogP) is 2.80. The average Bonchev–Trinajstić information content (AvgIpc) is 2.73. The van der Waals surface area contributed by atoms with Crippen LogP contribution < -0.4 is 5.73 Å². The molecule has 0 aliphatic rings. The van der Waals surface area contributed by atoms with Crippen molar-refractivity contribution in [2.24, 2.45) is 12.8 Å². The van der Waals surface area contributed by atoms with E-state index in [4.69, 9.17) is 17.3 Å². The Kier molecular flexibility index (Phi) is 3.06. The Hall–Kier alpha value is -0.840. The number of rotatable bonds is 2. The molecule has 5 heteroatoms. The first-order valence-electron chi connectivity index (χ1n) is 5.01. The van der Waals surface area contributed by atoms with Crippen molar-refractivity contribution in [3.05, 3.63) is 38.3 Å². The Morgan fingerprint density at radius 2 is 2.12 bits per heavy atom. The first-order chi connectivity index (χ1) is 7.50. The minimum Gasteiger partial charge on any atom is -0.319 e. The summed E-state index contributed by atoms with van der Waals surface area (Å²) in [5.41, 5.74) is 9.43. The molecule has 0 bridgehead atoms. The minimum absolute atomic E-state index is 0.133. The summed E-state index contributed by atoms with van der Waals surface area (Å²) in [6.45, 7) is 4.02. The lowest BCUT2D eigenvalue weighted by molar-refractivity contribution is 0.728. The molecule has 2 aromatic heterocycles. The van der Waals surface area contributed by atoms with Gasteiger partial charge in [-0.2, -0.15) is 5.10 Å². The van der Waals surface area contributed by atoms with E-state index in [2.05, 4.69) is 5.10 Å². The highest BCUT2D eigenvalue weighted by molar-refractivity contribution is 7.16. The van der Waals surface area contributed by atoms with Crippen molar-refractivity contribution < 1.29 is 0 Å². The molecule has 0 aromatic carbocycles. The molecular formula is C11H14ClN3S. The van der Waals surface area contributed by atoms with E-state index in [0.717, 1.165) is 26.2 Å². The second kappa shape index (κ2) is 4.20.